The number of piperidine rings is 1. The summed E-state index contributed by atoms with van der Waals surface area (Å²) in [6.07, 6.45) is 10.3. The summed E-state index contributed by atoms with van der Waals surface area (Å²) < 4.78 is 27.6. The van der Waals surface area contributed by atoms with Crippen LogP contribution in [0.1, 0.15) is 25.7 Å². The van der Waals surface area contributed by atoms with Crippen molar-refractivity contribution in [1.82, 2.24) is 30.0 Å². The number of carbonyl (C=O) groups is 1. The Labute approximate surface area is 190 Å². The number of anilines is 1. The Bertz CT molecular complexity index is 1130. The van der Waals surface area contributed by atoms with Crippen LogP contribution in [0.3, 0.4) is 0 Å². The first-order valence-electron chi connectivity index (χ1n) is 11.3. The second-order valence-corrected chi connectivity index (χ2v) is 8.95. The van der Waals surface area contributed by atoms with E-state index in [0.29, 0.717) is 18.7 Å². The highest BCUT2D eigenvalue weighted by Crippen LogP contribution is 2.36. The van der Waals surface area contributed by atoms with Gasteiger partial charge in [-0.1, -0.05) is 0 Å². The van der Waals surface area contributed by atoms with Gasteiger partial charge in [0, 0.05) is 54.1 Å². The van der Waals surface area contributed by atoms with Crippen LogP contribution in [-0.4, -0.2) is 68.2 Å². The first-order chi connectivity index (χ1) is 16.0. The summed E-state index contributed by atoms with van der Waals surface area (Å²) >= 11 is 0. The maximum atomic E-state index is 13.1. The van der Waals surface area contributed by atoms with Gasteiger partial charge in [0.15, 0.2) is 0 Å². The first-order valence-corrected chi connectivity index (χ1v) is 11.3. The van der Waals surface area contributed by atoms with E-state index in [1.165, 1.54) is 0 Å². The SMILES string of the molecule is Cn1cc(-c2cnc3cnc(NC(=O)N4[C@@H]5CC[C@H]4C[C@H](NC(CF)CF)C5)cc3c2)cn1. The summed E-state index contributed by atoms with van der Waals surface area (Å²) in [5, 5.41) is 11.1. The molecule has 3 aromatic rings. The van der Waals surface area contributed by atoms with Crippen LogP contribution >= 0.6 is 0 Å². The minimum atomic E-state index is -0.762. The minimum Gasteiger partial charge on any atom is -0.318 e. The molecule has 2 N–H and O–H groups in total. The monoisotopic (exact) mass is 455 g/mol. The van der Waals surface area contributed by atoms with Gasteiger partial charge in [-0.2, -0.15) is 5.10 Å². The van der Waals surface area contributed by atoms with Gasteiger partial charge in [0.1, 0.15) is 19.2 Å². The predicted molar refractivity (Wildman–Crippen MR) is 121 cm³/mol. The van der Waals surface area contributed by atoms with E-state index in [1.807, 2.05) is 30.3 Å². The molecule has 2 bridgehead atoms. The van der Waals surface area contributed by atoms with Gasteiger partial charge in [0.2, 0.25) is 0 Å². The molecule has 0 unspecified atom stereocenters. The van der Waals surface area contributed by atoms with Crippen molar-refractivity contribution in [2.75, 3.05) is 18.7 Å². The molecule has 3 aromatic heterocycles. The summed E-state index contributed by atoms with van der Waals surface area (Å²) in [4.78, 5) is 23.8. The van der Waals surface area contributed by atoms with Crippen molar-refractivity contribution in [3.63, 3.8) is 0 Å². The number of alkyl halides is 2. The lowest BCUT2D eigenvalue weighted by molar-refractivity contribution is 0.133. The molecule has 5 heterocycles. The Morgan fingerprint density at radius 1 is 1.09 bits per heavy atom. The summed E-state index contributed by atoms with van der Waals surface area (Å²) in [5.74, 6) is 0.465. The molecule has 3 atom stereocenters. The van der Waals surface area contributed by atoms with Crippen LogP contribution in [0.4, 0.5) is 19.4 Å². The number of halogens is 2. The van der Waals surface area contributed by atoms with Crippen LogP contribution in [0.2, 0.25) is 0 Å². The highest BCUT2D eigenvalue weighted by Gasteiger charge is 2.43. The van der Waals surface area contributed by atoms with Gasteiger partial charge in [-0.25, -0.2) is 18.6 Å². The fraction of sp³-hybridized carbons (Fsp3) is 0.478. The number of carbonyl (C=O) groups excluding carboxylic acids is 1. The highest BCUT2D eigenvalue weighted by molar-refractivity contribution is 5.92. The normalized spacial score (nSPS) is 22.3. The van der Waals surface area contributed by atoms with E-state index >= 15 is 0 Å². The summed E-state index contributed by atoms with van der Waals surface area (Å²) in [5.41, 5.74) is 2.64. The Morgan fingerprint density at radius 2 is 1.85 bits per heavy atom. The molecule has 0 aliphatic carbocycles. The number of fused-ring (bicyclic) bond motifs is 3. The van der Waals surface area contributed by atoms with Crippen molar-refractivity contribution >= 4 is 22.8 Å². The van der Waals surface area contributed by atoms with Gasteiger partial charge in [0.25, 0.3) is 0 Å². The number of nitrogens with zero attached hydrogens (tertiary/aromatic N) is 5. The number of hydrogen-bond donors (Lipinski definition) is 2. The lowest BCUT2D eigenvalue weighted by atomic mass is 9.97. The molecule has 8 nitrogen and oxygen atoms in total. The molecular formula is C23H27F2N7O. The highest BCUT2D eigenvalue weighted by atomic mass is 19.1. The Morgan fingerprint density at radius 3 is 2.52 bits per heavy atom. The molecule has 0 saturated carbocycles. The largest absolute Gasteiger partial charge is 0.323 e. The maximum absolute atomic E-state index is 13.1. The number of aromatic nitrogens is 4. The molecule has 0 spiro atoms. The van der Waals surface area contributed by atoms with Crippen LogP contribution in [0, 0.1) is 0 Å². The van der Waals surface area contributed by atoms with Gasteiger partial charge >= 0.3 is 6.03 Å². The molecule has 0 radical (unpaired) electrons. The molecule has 2 saturated heterocycles. The first kappa shape index (κ1) is 21.7. The zero-order chi connectivity index (χ0) is 22.9. The third-order valence-corrected chi connectivity index (χ3v) is 6.65. The van der Waals surface area contributed by atoms with Gasteiger partial charge < -0.3 is 10.2 Å². The van der Waals surface area contributed by atoms with E-state index in [1.54, 1.807) is 23.3 Å². The average Bonchev–Trinajstić information content (AvgIpc) is 3.37. The van der Waals surface area contributed by atoms with Crippen molar-refractivity contribution in [3.8, 4) is 11.1 Å². The van der Waals surface area contributed by atoms with Crippen molar-refractivity contribution in [3.05, 3.63) is 36.9 Å². The van der Waals surface area contributed by atoms with E-state index < -0.39 is 19.4 Å². The third kappa shape index (κ3) is 4.39. The second-order valence-electron chi connectivity index (χ2n) is 8.95. The summed E-state index contributed by atoms with van der Waals surface area (Å²) in [6, 6.07) is 3.02. The molecule has 0 aromatic carbocycles. The maximum Gasteiger partial charge on any atom is 0.323 e. The van der Waals surface area contributed by atoms with Crippen LogP contribution in [0.5, 0.6) is 0 Å². The Kier molecular flexibility index (Phi) is 5.92. The van der Waals surface area contributed by atoms with Crippen LogP contribution in [0.25, 0.3) is 22.0 Å². The fourth-order valence-corrected chi connectivity index (χ4v) is 5.11. The number of aryl methyl sites for hydroxylation is 1. The fourth-order valence-electron chi connectivity index (χ4n) is 5.11. The number of nitrogens with one attached hydrogen (secondary N) is 2. The van der Waals surface area contributed by atoms with E-state index in [9.17, 15) is 13.6 Å². The topological polar surface area (TPSA) is 88.0 Å². The number of pyridine rings is 2. The number of urea groups is 1. The summed E-state index contributed by atoms with van der Waals surface area (Å²) in [7, 11) is 1.86. The van der Waals surface area contributed by atoms with Crippen molar-refractivity contribution < 1.29 is 13.6 Å². The Balaban J connectivity index is 1.29. The zero-order valence-corrected chi connectivity index (χ0v) is 18.4. The molecule has 174 valence electrons. The molecule has 10 heteroatoms. The molecule has 5 rings (SSSR count). The molecule has 2 amide bonds. The Hall–Kier alpha value is -3.14. The molecule has 33 heavy (non-hydrogen) atoms. The zero-order valence-electron chi connectivity index (χ0n) is 18.4. The van der Waals surface area contributed by atoms with Crippen LogP contribution in [0.15, 0.2) is 36.9 Å². The smallest absolute Gasteiger partial charge is 0.318 e. The van der Waals surface area contributed by atoms with Crippen molar-refractivity contribution in [1.29, 1.82) is 0 Å². The number of amides is 2. The predicted octanol–water partition coefficient (Wildman–Crippen LogP) is 3.45. The van der Waals surface area contributed by atoms with Gasteiger partial charge in [-0.3, -0.25) is 15.0 Å². The standard InChI is InChI=1S/C23H27F2N7O/c1-31-13-16(11-28-31)15-4-14-5-22(27-12-21(14)26-10-15)30-23(33)32-19-2-3-20(32)7-17(6-19)29-18(8-24)9-25/h4-5,10-13,17-20,29H,2-3,6-9H2,1H3,(H,27,30,33)/t17-,19-,20+. The molecule has 2 fully saturated rings. The lowest BCUT2D eigenvalue weighted by Gasteiger charge is -2.39. The van der Waals surface area contributed by atoms with Crippen LogP contribution < -0.4 is 10.6 Å². The van der Waals surface area contributed by atoms with E-state index in [0.717, 1.165) is 34.9 Å². The van der Waals surface area contributed by atoms with Gasteiger partial charge in [0.05, 0.1) is 24.0 Å². The van der Waals surface area contributed by atoms with E-state index in [-0.39, 0.29) is 24.2 Å². The van der Waals surface area contributed by atoms with Gasteiger partial charge in [-0.15, -0.1) is 0 Å². The van der Waals surface area contributed by atoms with E-state index in [4.69, 9.17) is 0 Å². The van der Waals surface area contributed by atoms with Crippen LogP contribution in [-0.2, 0) is 7.05 Å². The summed E-state index contributed by atoms with van der Waals surface area (Å²) in [6.45, 7) is -1.45. The average molecular weight is 456 g/mol. The molecule has 2 aliphatic heterocycles. The molecular weight excluding hydrogens is 428 g/mol. The number of hydrogen-bond acceptors (Lipinski definition) is 5. The van der Waals surface area contributed by atoms with E-state index in [2.05, 4.69) is 25.7 Å². The minimum absolute atomic E-state index is 0.0267. The van der Waals surface area contributed by atoms with Crippen molar-refractivity contribution in [2.24, 2.45) is 7.05 Å². The van der Waals surface area contributed by atoms with Crippen molar-refractivity contribution in [2.45, 2.75) is 49.9 Å². The lowest BCUT2D eigenvalue weighted by Crippen LogP contribution is -2.54. The third-order valence-electron chi connectivity index (χ3n) is 6.65. The second kappa shape index (κ2) is 9.01. The van der Waals surface area contributed by atoms with Gasteiger partial charge in [-0.05, 0) is 37.8 Å². The quantitative estimate of drug-likeness (QED) is 0.595. The number of rotatable bonds is 6. The molecule has 2 aliphatic rings.